The van der Waals surface area contributed by atoms with Crippen molar-refractivity contribution < 1.29 is 26.9 Å². The summed E-state index contributed by atoms with van der Waals surface area (Å²) in [6, 6.07) is 5.52. The average Bonchev–Trinajstić information content (AvgIpc) is 2.82. The molecule has 0 amide bonds. The van der Waals surface area contributed by atoms with Crippen molar-refractivity contribution in [3.8, 4) is 5.75 Å². The Morgan fingerprint density at radius 1 is 1.33 bits per heavy atom. The quantitative estimate of drug-likeness (QED) is 0.850. The van der Waals surface area contributed by atoms with Gasteiger partial charge in [-0.2, -0.15) is 0 Å². The lowest BCUT2D eigenvalue weighted by Gasteiger charge is -2.19. The van der Waals surface area contributed by atoms with Crippen LogP contribution in [0.25, 0.3) is 0 Å². The molecule has 0 N–H and O–H groups in total. The lowest BCUT2D eigenvalue weighted by molar-refractivity contribution is -0.274. The Bertz CT molecular complexity index is 501. The molecule has 1 aliphatic heterocycles. The summed E-state index contributed by atoms with van der Waals surface area (Å²) in [5.41, 5.74) is 0.724. The van der Waals surface area contributed by atoms with Gasteiger partial charge < -0.3 is 9.47 Å². The molecule has 0 saturated carbocycles. The molecule has 0 spiro atoms. The molecular weight excluding hydrogens is 305 g/mol. The van der Waals surface area contributed by atoms with Crippen LogP contribution in [-0.4, -0.2) is 28.5 Å². The third kappa shape index (κ3) is 4.20. The van der Waals surface area contributed by atoms with Gasteiger partial charge >= 0.3 is 6.36 Å². The minimum Gasteiger partial charge on any atom is -0.406 e. The first kappa shape index (κ1) is 16.3. The molecular formula is C14H17F3O3S. The maximum atomic E-state index is 12.5. The number of hydrogen-bond donors (Lipinski definition) is 0. The van der Waals surface area contributed by atoms with Crippen LogP contribution in [0.1, 0.15) is 31.1 Å². The van der Waals surface area contributed by atoms with Crippen LogP contribution in [0.2, 0.25) is 0 Å². The van der Waals surface area contributed by atoms with E-state index in [9.17, 15) is 17.4 Å². The van der Waals surface area contributed by atoms with Gasteiger partial charge in [0.15, 0.2) is 0 Å². The second-order valence-electron chi connectivity index (χ2n) is 4.99. The molecule has 1 aromatic rings. The minimum absolute atomic E-state index is 0.0360. The summed E-state index contributed by atoms with van der Waals surface area (Å²) in [6.07, 6.45) is -4.01. The van der Waals surface area contributed by atoms with Crippen molar-refractivity contribution in [1.29, 1.82) is 0 Å². The molecule has 0 bridgehead atoms. The van der Waals surface area contributed by atoms with Gasteiger partial charge in [-0.3, -0.25) is 4.21 Å². The number of halogens is 3. The van der Waals surface area contributed by atoms with Crippen molar-refractivity contribution in [2.24, 2.45) is 0 Å². The molecule has 0 aliphatic carbocycles. The van der Waals surface area contributed by atoms with Gasteiger partial charge in [-0.05, 0) is 38.0 Å². The van der Waals surface area contributed by atoms with Crippen molar-refractivity contribution in [2.45, 2.75) is 43.2 Å². The van der Waals surface area contributed by atoms with E-state index in [1.165, 1.54) is 24.3 Å². The van der Waals surface area contributed by atoms with Gasteiger partial charge in [0.25, 0.3) is 0 Å². The third-order valence-electron chi connectivity index (χ3n) is 3.54. The summed E-state index contributed by atoms with van der Waals surface area (Å²) in [6.45, 7) is 4.30. The molecule has 1 saturated heterocycles. The highest BCUT2D eigenvalue weighted by molar-refractivity contribution is 7.86. The largest absolute Gasteiger partial charge is 0.573 e. The Labute approximate surface area is 123 Å². The monoisotopic (exact) mass is 322 g/mol. The highest BCUT2D eigenvalue weighted by Crippen LogP contribution is 2.30. The lowest BCUT2D eigenvalue weighted by Crippen LogP contribution is -2.26. The molecule has 7 heteroatoms. The van der Waals surface area contributed by atoms with Crippen LogP contribution in [0, 0.1) is 0 Å². The van der Waals surface area contributed by atoms with Gasteiger partial charge in [0, 0.05) is 17.4 Å². The number of rotatable bonds is 4. The Balaban J connectivity index is 2.05. The number of benzene rings is 1. The predicted octanol–water partition coefficient (Wildman–Crippen LogP) is 3.57. The summed E-state index contributed by atoms with van der Waals surface area (Å²) < 4.78 is 58.0. The molecule has 21 heavy (non-hydrogen) atoms. The molecule has 0 radical (unpaired) electrons. The van der Waals surface area contributed by atoms with E-state index in [4.69, 9.17) is 4.74 Å². The number of hydrogen-bond acceptors (Lipinski definition) is 3. The molecule has 2 rings (SSSR count). The zero-order chi connectivity index (χ0) is 15.6. The Kier molecular flexibility index (Phi) is 4.93. The average molecular weight is 322 g/mol. The van der Waals surface area contributed by atoms with Crippen molar-refractivity contribution in [2.75, 3.05) is 6.61 Å². The van der Waals surface area contributed by atoms with Crippen molar-refractivity contribution >= 4 is 10.8 Å². The maximum absolute atomic E-state index is 12.5. The summed E-state index contributed by atoms with van der Waals surface area (Å²) in [7, 11) is -1.13. The molecule has 1 fully saturated rings. The fourth-order valence-electron chi connectivity index (χ4n) is 2.35. The van der Waals surface area contributed by atoms with E-state index in [2.05, 4.69) is 4.74 Å². The van der Waals surface area contributed by atoms with E-state index in [1.807, 2.05) is 6.92 Å². The molecule has 118 valence electrons. The maximum Gasteiger partial charge on any atom is 0.573 e. The van der Waals surface area contributed by atoms with Gasteiger partial charge in [-0.25, -0.2) is 0 Å². The molecule has 3 nitrogen and oxygen atoms in total. The van der Waals surface area contributed by atoms with Gasteiger partial charge in [0.1, 0.15) is 5.75 Å². The topological polar surface area (TPSA) is 35.5 Å². The van der Waals surface area contributed by atoms with Gasteiger partial charge in [-0.15, -0.1) is 13.2 Å². The first-order valence-corrected chi connectivity index (χ1v) is 7.92. The second-order valence-corrected chi connectivity index (χ2v) is 6.96. The van der Waals surface area contributed by atoms with Crippen LogP contribution >= 0.6 is 0 Å². The second kappa shape index (κ2) is 6.36. The zero-order valence-electron chi connectivity index (χ0n) is 11.7. The van der Waals surface area contributed by atoms with Crippen molar-refractivity contribution in [3.05, 3.63) is 29.8 Å². The Morgan fingerprint density at radius 3 is 2.43 bits per heavy atom. The van der Waals surface area contributed by atoms with E-state index in [-0.39, 0.29) is 22.4 Å². The van der Waals surface area contributed by atoms with Crippen LogP contribution in [0.5, 0.6) is 5.75 Å². The van der Waals surface area contributed by atoms with Crippen molar-refractivity contribution in [1.82, 2.24) is 0 Å². The van der Waals surface area contributed by atoms with Gasteiger partial charge in [-0.1, -0.05) is 12.1 Å². The first-order valence-electron chi connectivity index (χ1n) is 6.64. The normalized spacial score (nSPS) is 25.6. The van der Waals surface area contributed by atoms with Crippen LogP contribution < -0.4 is 4.74 Å². The number of ether oxygens (including phenoxy) is 2. The summed E-state index contributed by atoms with van der Waals surface area (Å²) in [4.78, 5) is 0. The van der Waals surface area contributed by atoms with E-state index < -0.39 is 17.2 Å². The summed E-state index contributed by atoms with van der Waals surface area (Å²) in [5, 5.41) is -0.301. The number of alkyl halides is 3. The van der Waals surface area contributed by atoms with Crippen molar-refractivity contribution in [3.63, 3.8) is 0 Å². The molecule has 1 aromatic carbocycles. The molecule has 0 aromatic heterocycles. The standard InChI is InChI=1S/C14H17F3O3S/c1-9-13(7-8-19-9)21(18)10(2)11-3-5-12(6-4-11)20-14(15,16)17/h3-6,9-10,13H,7-8H2,1-2H3/t9-,10+,13-,21-/m0/s1. The van der Waals surface area contributed by atoms with Crippen LogP contribution in [0.3, 0.4) is 0 Å². The molecule has 1 aliphatic rings. The lowest BCUT2D eigenvalue weighted by atomic mass is 10.1. The van der Waals surface area contributed by atoms with Gasteiger partial charge in [0.05, 0.1) is 16.6 Å². The minimum atomic E-state index is -4.70. The zero-order valence-corrected chi connectivity index (χ0v) is 12.5. The van der Waals surface area contributed by atoms with E-state index in [1.54, 1.807) is 6.92 Å². The Hall–Kier alpha value is -1.08. The van der Waals surface area contributed by atoms with Gasteiger partial charge in [0.2, 0.25) is 0 Å². The molecule has 1 heterocycles. The Morgan fingerprint density at radius 2 is 1.95 bits per heavy atom. The fraction of sp³-hybridized carbons (Fsp3) is 0.571. The highest BCUT2D eigenvalue weighted by Gasteiger charge is 2.33. The first-order chi connectivity index (χ1) is 9.78. The highest BCUT2D eigenvalue weighted by atomic mass is 32.2. The van der Waals surface area contributed by atoms with E-state index in [0.29, 0.717) is 6.61 Å². The molecule has 0 unspecified atom stereocenters. The predicted molar refractivity (Wildman–Crippen MR) is 73.5 cm³/mol. The summed E-state index contributed by atoms with van der Waals surface area (Å²) >= 11 is 0. The molecule has 4 atom stereocenters. The fourth-order valence-corrected chi connectivity index (χ4v) is 4.09. The smallest absolute Gasteiger partial charge is 0.406 e. The van der Waals surface area contributed by atoms with E-state index >= 15 is 0 Å². The van der Waals surface area contributed by atoms with Crippen LogP contribution in [-0.2, 0) is 15.5 Å². The SMILES string of the molecule is C[C@@H]1OCC[C@@H]1[S@@](=O)[C@H](C)c1ccc(OC(F)(F)F)cc1. The van der Waals surface area contributed by atoms with Crippen LogP contribution in [0.4, 0.5) is 13.2 Å². The van der Waals surface area contributed by atoms with E-state index in [0.717, 1.165) is 12.0 Å². The van der Waals surface area contributed by atoms with Crippen LogP contribution in [0.15, 0.2) is 24.3 Å². The summed E-state index contributed by atoms with van der Waals surface area (Å²) in [5.74, 6) is -0.276. The third-order valence-corrected chi connectivity index (χ3v) is 5.72.